The predicted molar refractivity (Wildman–Crippen MR) is 42.9 cm³/mol. The van der Waals surface area contributed by atoms with Crippen LogP contribution in [0, 0.1) is 0 Å². The fourth-order valence-electron chi connectivity index (χ4n) is 0. The Balaban J connectivity index is 0.0000000833. The van der Waals surface area contributed by atoms with Crippen LogP contribution in [-0.4, -0.2) is 0 Å². The van der Waals surface area contributed by atoms with Crippen molar-refractivity contribution in [2.24, 2.45) is 0 Å². The minimum Gasteiger partial charge on any atom is -0.247 e. The fraction of sp³-hybridized carbons (Fsp3) is 0.333. The molecule has 1 aliphatic rings. The number of hydrogen-bond donors (Lipinski definition) is 0. The van der Waals surface area contributed by atoms with E-state index in [1.807, 2.05) is 0 Å². The smallest absolute Gasteiger partial charge is 0.124 e. The van der Waals surface area contributed by atoms with Crippen molar-refractivity contribution < 1.29 is 1.40 Å². The molecule has 1 rings (SSSR count). The number of hydrogen-bond acceptors (Lipinski definition) is 1. The molecule has 0 atom stereocenters. The first-order valence-corrected chi connectivity index (χ1v) is 3.22. The summed E-state index contributed by atoms with van der Waals surface area (Å²) in [4.78, 5) is 0. The van der Waals surface area contributed by atoms with Gasteiger partial charge in [0.2, 0.25) is 0 Å². The summed E-state index contributed by atoms with van der Waals surface area (Å²) in [5.41, 5.74) is 0. The van der Waals surface area contributed by atoms with Gasteiger partial charge in [-0.1, -0.05) is 12.2 Å². The van der Waals surface area contributed by atoms with Crippen LogP contribution in [0.2, 0.25) is 0 Å². The summed E-state index contributed by atoms with van der Waals surface area (Å²) >= 11 is 3.55. The van der Waals surface area contributed by atoms with E-state index in [0.29, 0.717) is 0 Å². The lowest BCUT2D eigenvalue weighted by Gasteiger charge is -1.49. The van der Waals surface area contributed by atoms with Crippen molar-refractivity contribution in [1.82, 2.24) is 0 Å². The minimum absolute atomic E-state index is 1.25. The Bertz CT molecular complexity index is 40.1. The van der Waals surface area contributed by atoms with Crippen LogP contribution in [-0.2, 0) is 1.40 Å². The molecule has 0 saturated heterocycles. The maximum absolute atomic E-state index is 4.19. The molecule has 1 nitrogen and oxygen atoms in total. The van der Waals surface area contributed by atoms with Gasteiger partial charge in [-0.05, 0) is 6.42 Å². The van der Waals surface area contributed by atoms with Crippen LogP contribution in [0.5, 0.6) is 0 Å². The molecule has 0 unspecified atom stereocenters. The van der Waals surface area contributed by atoms with Crippen molar-refractivity contribution in [3.63, 3.8) is 0 Å². The number of rotatable bonds is 0. The van der Waals surface area contributed by atoms with E-state index in [9.17, 15) is 0 Å². The van der Waals surface area contributed by atoms with Crippen LogP contribution >= 0.6 is 46.0 Å². The summed E-state index contributed by atoms with van der Waals surface area (Å²) in [6, 6.07) is 0. The summed E-state index contributed by atoms with van der Waals surface area (Å²) < 4.78 is 4.19. The molecule has 0 spiro atoms. The Kier molecular flexibility index (Phi) is 7.35. The molecule has 0 heterocycles. The van der Waals surface area contributed by atoms with Crippen molar-refractivity contribution in [3.05, 3.63) is 12.2 Å². The molecule has 0 radical (unpaired) electrons. The highest BCUT2D eigenvalue weighted by molar-refractivity contribution is 14.2. The lowest BCUT2D eigenvalue weighted by molar-refractivity contribution is 0.932. The van der Waals surface area contributed by atoms with Gasteiger partial charge in [-0.15, -0.1) is 0 Å². The molecular weight excluding hydrogens is 306 g/mol. The van der Waals surface area contributed by atoms with E-state index < -0.39 is 0 Å². The zero-order chi connectivity index (χ0) is 4.83. The van der Waals surface area contributed by atoms with Crippen LogP contribution in [0.25, 0.3) is 0 Å². The molecule has 3 heteroatoms. The van der Waals surface area contributed by atoms with Crippen LogP contribution in [0.4, 0.5) is 0 Å². The first-order chi connectivity index (χ1) is 2.91. The van der Waals surface area contributed by atoms with E-state index in [2.05, 4.69) is 13.5 Å². The molecule has 0 aliphatic heterocycles. The molecule has 1 aliphatic carbocycles. The molecule has 6 heavy (non-hydrogen) atoms. The highest BCUT2D eigenvalue weighted by Gasteiger charge is 1.75. The van der Waals surface area contributed by atoms with Gasteiger partial charge in [0.1, 0.15) is 46.0 Å². The van der Waals surface area contributed by atoms with Gasteiger partial charge in [0.25, 0.3) is 0 Å². The Morgan fingerprint density at radius 1 is 1.33 bits per heavy atom. The van der Waals surface area contributed by atoms with Gasteiger partial charge in [0.05, 0.1) is 0 Å². The number of halogens is 2. The first kappa shape index (κ1) is 7.16. The molecule has 0 N–H and O–H groups in total. The monoisotopic (exact) mass is 310 g/mol. The highest BCUT2D eigenvalue weighted by Crippen LogP contribution is 1.96. The zero-order valence-electron chi connectivity index (χ0n) is 3.03. The molecular formula is C3H4I2O. The van der Waals surface area contributed by atoms with E-state index in [1.54, 1.807) is 46.0 Å². The molecule has 36 valence electrons. The third kappa shape index (κ3) is 19.1. The SMILES string of the molecule is C1=CC1.IOI. The number of allylic oxidation sites excluding steroid dienone is 2. The lowest BCUT2D eigenvalue weighted by atomic mass is 10.9. The third-order valence-electron chi connectivity index (χ3n) is 0.236. The van der Waals surface area contributed by atoms with Crippen molar-refractivity contribution in [2.45, 2.75) is 6.42 Å². The molecule has 0 aromatic rings. The molecule has 0 saturated carbocycles. The molecule has 0 aromatic heterocycles. The largest absolute Gasteiger partial charge is 0.247 e. The molecule has 0 aromatic carbocycles. The average Bonchev–Trinajstić information content (AvgIpc) is 2.11. The van der Waals surface area contributed by atoms with Gasteiger partial charge in [0, 0.05) is 0 Å². The fourth-order valence-corrected chi connectivity index (χ4v) is 0. The van der Waals surface area contributed by atoms with Gasteiger partial charge in [-0.2, -0.15) is 0 Å². The van der Waals surface area contributed by atoms with Gasteiger partial charge in [-0.3, -0.25) is 0 Å². The Hall–Kier alpha value is 1.16. The maximum atomic E-state index is 4.19. The Morgan fingerprint density at radius 3 is 1.50 bits per heavy atom. The molecule has 0 bridgehead atoms. The van der Waals surface area contributed by atoms with Gasteiger partial charge >= 0.3 is 0 Å². The predicted octanol–water partition coefficient (Wildman–Crippen LogP) is 2.65. The van der Waals surface area contributed by atoms with Crippen LogP contribution < -0.4 is 0 Å². The maximum Gasteiger partial charge on any atom is 0.124 e. The summed E-state index contributed by atoms with van der Waals surface area (Å²) in [6.45, 7) is 0. The Morgan fingerprint density at radius 2 is 1.50 bits per heavy atom. The van der Waals surface area contributed by atoms with Crippen molar-refractivity contribution in [3.8, 4) is 0 Å². The van der Waals surface area contributed by atoms with Crippen molar-refractivity contribution in [2.75, 3.05) is 0 Å². The summed E-state index contributed by atoms with van der Waals surface area (Å²) in [5.74, 6) is 0. The second-order valence-electron chi connectivity index (χ2n) is 0.765. The Labute approximate surface area is 65.5 Å². The van der Waals surface area contributed by atoms with Gasteiger partial charge in [0.15, 0.2) is 0 Å². The van der Waals surface area contributed by atoms with Crippen LogP contribution in [0.15, 0.2) is 12.2 Å². The zero-order valence-corrected chi connectivity index (χ0v) is 7.34. The van der Waals surface area contributed by atoms with Gasteiger partial charge in [-0.25, -0.2) is 1.40 Å². The van der Waals surface area contributed by atoms with Crippen molar-refractivity contribution in [1.29, 1.82) is 0 Å². The van der Waals surface area contributed by atoms with E-state index in [4.69, 9.17) is 0 Å². The molecule has 0 fully saturated rings. The lowest BCUT2D eigenvalue weighted by Crippen LogP contribution is -1.08. The topological polar surface area (TPSA) is 9.23 Å². The summed E-state index contributed by atoms with van der Waals surface area (Å²) in [5, 5.41) is 0. The quantitative estimate of drug-likeness (QED) is 0.494. The average molecular weight is 310 g/mol. The van der Waals surface area contributed by atoms with Crippen LogP contribution in [0.1, 0.15) is 6.42 Å². The first-order valence-electron chi connectivity index (χ1n) is 1.46. The van der Waals surface area contributed by atoms with Crippen molar-refractivity contribution >= 4 is 46.0 Å². The third-order valence-corrected chi connectivity index (χ3v) is 0.236. The van der Waals surface area contributed by atoms with E-state index in [1.165, 1.54) is 6.42 Å². The van der Waals surface area contributed by atoms with Crippen LogP contribution in [0.3, 0.4) is 0 Å². The summed E-state index contributed by atoms with van der Waals surface area (Å²) in [7, 11) is 0. The van der Waals surface area contributed by atoms with E-state index >= 15 is 0 Å². The second kappa shape index (κ2) is 6.16. The van der Waals surface area contributed by atoms with Gasteiger partial charge < -0.3 is 0 Å². The van der Waals surface area contributed by atoms with E-state index in [-0.39, 0.29) is 0 Å². The summed E-state index contributed by atoms with van der Waals surface area (Å²) in [6.07, 6.45) is 5.50. The highest BCUT2D eigenvalue weighted by atomic mass is 127. The minimum atomic E-state index is 1.25. The molecule has 0 amide bonds. The normalized spacial score (nSPS) is 12.3. The van der Waals surface area contributed by atoms with E-state index in [0.717, 1.165) is 0 Å². The standard InChI is InChI=1S/C3H4.I2O/c1-2-3-1;1-3-2/h1-2H,3H2;. The second-order valence-corrected chi connectivity index (χ2v) is 3.33.